The Hall–Kier alpha value is -2.05. The molecule has 0 spiro atoms. The SMILES string of the molecule is CCCCN(CCCC)c1nc2c([nH]1)c(=O)[nH]c(=O)n2C. The third-order valence-electron chi connectivity index (χ3n) is 3.60. The summed E-state index contributed by atoms with van der Waals surface area (Å²) in [6.45, 7) is 6.07. The van der Waals surface area contributed by atoms with Gasteiger partial charge < -0.3 is 9.88 Å². The molecule has 0 saturated heterocycles. The van der Waals surface area contributed by atoms with Crippen LogP contribution >= 0.6 is 0 Å². The first kappa shape index (κ1) is 15.3. The van der Waals surface area contributed by atoms with E-state index < -0.39 is 11.2 Å². The van der Waals surface area contributed by atoms with Gasteiger partial charge in [-0.15, -0.1) is 0 Å². The number of nitrogens with zero attached hydrogens (tertiary/aromatic N) is 3. The van der Waals surface area contributed by atoms with E-state index >= 15 is 0 Å². The number of aryl methyl sites for hydroxylation is 1. The highest BCUT2D eigenvalue weighted by Gasteiger charge is 2.15. The van der Waals surface area contributed by atoms with E-state index in [-0.39, 0.29) is 0 Å². The Morgan fingerprint density at radius 1 is 1.10 bits per heavy atom. The lowest BCUT2D eigenvalue weighted by Gasteiger charge is -2.21. The van der Waals surface area contributed by atoms with E-state index in [4.69, 9.17) is 0 Å². The summed E-state index contributed by atoms with van der Waals surface area (Å²) >= 11 is 0. The number of rotatable bonds is 7. The predicted molar refractivity (Wildman–Crippen MR) is 84.0 cm³/mol. The maximum Gasteiger partial charge on any atom is 0.329 e. The summed E-state index contributed by atoms with van der Waals surface area (Å²) < 4.78 is 1.36. The molecule has 116 valence electrons. The van der Waals surface area contributed by atoms with E-state index in [1.807, 2.05) is 0 Å². The van der Waals surface area contributed by atoms with Crippen LogP contribution in [0.2, 0.25) is 0 Å². The van der Waals surface area contributed by atoms with Crippen molar-refractivity contribution in [2.24, 2.45) is 7.05 Å². The van der Waals surface area contributed by atoms with Gasteiger partial charge in [0.15, 0.2) is 11.2 Å². The van der Waals surface area contributed by atoms with E-state index in [0.717, 1.165) is 38.8 Å². The molecule has 21 heavy (non-hydrogen) atoms. The molecule has 2 aromatic rings. The van der Waals surface area contributed by atoms with Gasteiger partial charge in [-0.3, -0.25) is 14.3 Å². The fourth-order valence-corrected chi connectivity index (χ4v) is 2.26. The van der Waals surface area contributed by atoms with Gasteiger partial charge in [0.1, 0.15) is 0 Å². The molecule has 0 aliphatic heterocycles. The highest BCUT2D eigenvalue weighted by molar-refractivity contribution is 5.72. The molecule has 0 aromatic carbocycles. The second kappa shape index (κ2) is 6.60. The fraction of sp³-hybridized carbons (Fsp3) is 0.643. The van der Waals surface area contributed by atoms with Gasteiger partial charge in [0, 0.05) is 20.1 Å². The molecule has 2 heterocycles. The lowest BCUT2D eigenvalue weighted by Crippen LogP contribution is -2.28. The van der Waals surface area contributed by atoms with Crippen LogP contribution in [0.25, 0.3) is 11.2 Å². The number of aromatic nitrogens is 4. The molecule has 0 unspecified atom stereocenters. The standard InChI is InChI=1S/C14H23N5O2/c1-4-6-8-19(9-7-5-2)13-15-10-11(16-13)18(3)14(21)17-12(10)20/h4-9H2,1-3H3,(H,15,16)(H,17,20,21). The number of fused-ring (bicyclic) bond motifs is 1. The maximum absolute atomic E-state index is 11.9. The number of hydrogen-bond acceptors (Lipinski definition) is 4. The number of aromatic amines is 2. The largest absolute Gasteiger partial charge is 0.342 e. The molecule has 0 aliphatic carbocycles. The maximum atomic E-state index is 11.9. The normalized spacial score (nSPS) is 11.2. The van der Waals surface area contributed by atoms with E-state index in [9.17, 15) is 9.59 Å². The fourth-order valence-electron chi connectivity index (χ4n) is 2.26. The van der Waals surface area contributed by atoms with E-state index in [1.54, 1.807) is 7.05 Å². The Balaban J connectivity index is 2.43. The van der Waals surface area contributed by atoms with Crippen molar-refractivity contribution in [3.63, 3.8) is 0 Å². The van der Waals surface area contributed by atoms with Crippen molar-refractivity contribution < 1.29 is 0 Å². The van der Waals surface area contributed by atoms with Gasteiger partial charge >= 0.3 is 5.69 Å². The van der Waals surface area contributed by atoms with Gasteiger partial charge in [-0.25, -0.2) is 4.79 Å². The van der Waals surface area contributed by atoms with Crippen molar-refractivity contribution in [2.45, 2.75) is 39.5 Å². The minimum absolute atomic E-state index is 0.352. The molecule has 2 rings (SSSR count). The van der Waals surface area contributed by atoms with Crippen molar-refractivity contribution in [2.75, 3.05) is 18.0 Å². The smallest absolute Gasteiger partial charge is 0.329 e. The van der Waals surface area contributed by atoms with Crippen LogP contribution in [0, 0.1) is 0 Å². The van der Waals surface area contributed by atoms with Crippen molar-refractivity contribution in [3.8, 4) is 0 Å². The van der Waals surface area contributed by atoms with Crippen LogP contribution < -0.4 is 16.1 Å². The van der Waals surface area contributed by atoms with Crippen molar-refractivity contribution in [1.29, 1.82) is 0 Å². The highest BCUT2D eigenvalue weighted by atomic mass is 16.2. The first-order valence-electron chi connectivity index (χ1n) is 7.52. The number of unbranched alkanes of at least 4 members (excludes halogenated alkanes) is 2. The zero-order chi connectivity index (χ0) is 15.4. The van der Waals surface area contributed by atoms with Crippen LogP contribution in [0.15, 0.2) is 9.59 Å². The quantitative estimate of drug-likeness (QED) is 0.807. The Kier molecular flexibility index (Phi) is 4.82. The minimum atomic E-state index is -0.445. The first-order chi connectivity index (χ1) is 10.1. The van der Waals surface area contributed by atoms with Gasteiger partial charge in [-0.1, -0.05) is 26.7 Å². The van der Waals surface area contributed by atoms with Crippen LogP contribution in [0.4, 0.5) is 5.95 Å². The van der Waals surface area contributed by atoms with Crippen LogP contribution in [0.5, 0.6) is 0 Å². The van der Waals surface area contributed by atoms with E-state index in [0.29, 0.717) is 17.1 Å². The second-order valence-corrected chi connectivity index (χ2v) is 5.27. The average Bonchev–Trinajstić information content (AvgIpc) is 2.91. The van der Waals surface area contributed by atoms with Crippen LogP contribution in [-0.4, -0.2) is 32.6 Å². The molecule has 2 N–H and O–H groups in total. The van der Waals surface area contributed by atoms with Gasteiger partial charge in [0.25, 0.3) is 5.56 Å². The number of H-pyrrole nitrogens is 2. The van der Waals surface area contributed by atoms with Crippen molar-refractivity contribution >= 4 is 17.1 Å². The van der Waals surface area contributed by atoms with Gasteiger partial charge in [0.2, 0.25) is 5.95 Å². The number of imidazole rings is 1. The molecule has 7 nitrogen and oxygen atoms in total. The lowest BCUT2D eigenvalue weighted by atomic mass is 10.3. The van der Waals surface area contributed by atoms with Crippen molar-refractivity contribution in [3.05, 3.63) is 20.8 Å². The topological polar surface area (TPSA) is 86.8 Å². The third-order valence-corrected chi connectivity index (χ3v) is 3.60. The molecule has 0 saturated carbocycles. The molecule has 0 fully saturated rings. The zero-order valence-corrected chi connectivity index (χ0v) is 12.9. The Morgan fingerprint density at radius 3 is 2.29 bits per heavy atom. The van der Waals surface area contributed by atoms with Crippen LogP contribution in [0.1, 0.15) is 39.5 Å². The summed E-state index contributed by atoms with van der Waals surface area (Å²) in [6, 6.07) is 0. The van der Waals surface area contributed by atoms with Crippen LogP contribution in [-0.2, 0) is 7.05 Å². The van der Waals surface area contributed by atoms with E-state index in [2.05, 4.69) is 33.7 Å². The number of anilines is 1. The average molecular weight is 293 g/mol. The first-order valence-corrected chi connectivity index (χ1v) is 7.52. The van der Waals surface area contributed by atoms with Crippen LogP contribution in [0.3, 0.4) is 0 Å². The van der Waals surface area contributed by atoms with Crippen molar-refractivity contribution in [1.82, 2.24) is 19.5 Å². The molecule has 0 bridgehead atoms. The number of hydrogen-bond donors (Lipinski definition) is 2. The van der Waals surface area contributed by atoms with E-state index in [1.165, 1.54) is 4.57 Å². The monoisotopic (exact) mass is 293 g/mol. The summed E-state index contributed by atoms with van der Waals surface area (Å²) in [4.78, 5) is 35.4. The highest BCUT2D eigenvalue weighted by Crippen LogP contribution is 2.14. The molecule has 0 radical (unpaired) electrons. The Bertz CT molecular complexity index is 704. The minimum Gasteiger partial charge on any atom is -0.342 e. The summed E-state index contributed by atoms with van der Waals surface area (Å²) in [7, 11) is 1.60. The zero-order valence-electron chi connectivity index (χ0n) is 12.9. The molecular weight excluding hydrogens is 270 g/mol. The number of nitrogens with one attached hydrogen (secondary N) is 2. The summed E-state index contributed by atoms with van der Waals surface area (Å²) in [6.07, 6.45) is 4.33. The van der Waals surface area contributed by atoms with Gasteiger partial charge in [0.05, 0.1) is 0 Å². The predicted octanol–water partition coefficient (Wildman–Crippen LogP) is 1.36. The second-order valence-electron chi connectivity index (χ2n) is 5.27. The summed E-state index contributed by atoms with van der Waals surface area (Å²) in [5.41, 5.74) is -0.112. The Labute approximate surface area is 123 Å². The molecule has 2 aromatic heterocycles. The molecule has 0 aliphatic rings. The van der Waals surface area contributed by atoms with Gasteiger partial charge in [-0.2, -0.15) is 4.98 Å². The summed E-state index contributed by atoms with van der Waals surface area (Å²) in [5, 5.41) is 0. The molecular formula is C14H23N5O2. The summed E-state index contributed by atoms with van der Waals surface area (Å²) in [5.74, 6) is 0.665. The molecule has 7 heteroatoms. The molecule has 0 amide bonds. The third kappa shape index (κ3) is 3.17. The lowest BCUT2D eigenvalue weighted by molar-refractivity contribution is 0.666. The molecule has 0 atom stereocenters. The van der Waals surface area contributed by atoms with Gasteiger partial charge in [-0.05, 0) is 12.8 Å². The Morgan fingerprint density at radius 2 is 1.71 bits per heavy atom.